The van der Waals surface area contributed by atoms with Crippen molar-refractivity contribution in [3.05, 3.63) is 0 Å². The van der Waals surface area contributed by atoms with E-state index >= 15 is 0 Å². The third-order valence-electron chi connectivity index (χ3n) is 4.51. The second-order valence-electron chi connectivity index (χ2n) is 6.35. The number of rotatable bonds is 1. The summed E-state index contributed by atoms with van der Waals surface area (Å²) in [6.45, 7) is 9.33. The quantitative estimate of drug-likeness (QED) is 0.741. The Bertz CT molecular complexity index is 219. The van der Waals surface area contributed by atoms with E-state index < -0.39 is 0 Å². The number of hydrogen-bond donors (Lipinski definition) is 1. The highest BCUT2D eigenvalue weighted by atomic mass is 16.3. The van der Waals surface area contributed by atoms with Gasteiger partial charge in [-0.1, -0.05) is 20.8 Å². The summed E-state index contributed by atoms with van der Waals surface area (Å²) >= 11 is 0. The van der Waals surface area contributed by atoms with E-state index in [1.54, 1.807) is 0 Å². The molecule has 1 saturated carbocycles. The van der Waals surface area contributed by atoms with Crippen LogP contribution >= 0.6 is 0 Å². The van der Waals surface area contributed by atoms with Crippen molar-refractivity contribution >= 4 is 0 Å². The van der Waals surface area contributed by atoms with Gasteiger partial charge in [-0.25, -0.2) is 0 Å². The lowest BCUT2D eigenvalue weighted by molar-refractivity contribution is -0.0378. The summed E-state index contributed by atoms with van der Waals surface area (Å²) < 4.78 is 0. The van der Waals surface area contributed by atoms with E-state index in [1.807, 2.05) is 0 Å². The van der Waals surface area contributed by atoms with Crippen LogP contribution in [0.3, 0.4) is 0 Å². The van der Waals surface area contributed by atoms with E-state index in [1.165, 1.54) is 32.4 Å². The first-order valence-corrected chi connectivity index (χ1v) is 7.00. The Morgan fingerprint density at radius 3 is 2.44 bits per heavy atom. The molecule has 0 aromatic heterocycles. The Morgan fingerprint density at radius 2 is 1.81 bits per heavy atom. The van der Waals surface area contributed by atoms with Crippen molar-refractivity contribution in [3.8, 4) is 0 Å². The summed E-state index contributed by atoms with van der Waals surface area (Å²) in [5.74, 6) is 2.17. The molecule has 0 spiro atoms. The van der Waals surface area contributed by atoms with Crippen LogP contribution in [-0.4, -0.2) is 35.2 Å². The molecule has 2 nitrogen and oxygen atoms in total. The smallest absolute Gasteiger partial charge is 0.0700 e. The van der Waals surface area contributed by atoms with E-state index in [2.05, 4.69) is 25.7 Å². The molecule has 0 aromatic rings. The monoisotopic (exact) mass is 225 g/mol. The van der Waals surface area contributed by atoms with Gasteiger partial charge in [-0.3, -0.25) is 4.90 Å². The lowest BCUT2D eigenvalue weighted by Gasteiger charge is -2.46. The molecule has 1 saturated heterocycles. The van der Waals surface area contributed by atoms with Gasteiger partial charge in [-0.2, -0.15) is 0 Å². The SMILES string of the molecule is CC1CC(C)C(N2CCCC(C)C2)C(O)C1. The van der Waals surface area contributed by atoms with Crippen LogP contribution in [0.2, 0.25) is 0 Å². The van der Waals surface area contributed by atoms with Gasteiger partial charge in [0.15, 0.2) is 0 Å². The molecular weight excluding hydrogens is 198 g/mol. The average Bonchev–Trinajstić information content (AvgIpc) is 2.15. The van der Waals surface area contributed by atoms with Crippen LogP contribution in [0.25, 0.3) is 0 Å². The van der Waals surface area contributed by atoms with Crippen molar-refractivity contribution in [2.24, 2.45) is 17.8 Å². The Morgan fingerprint density at radius 1 is 1.06 bits per heavy atom. The summed E-state index contributed by atoms with van der Waals surface area (Å²) in [4.78, 5) is 2.56. The van der Waals surface area contributed by atoms with E-state index in [4.69, 9.17) is 0 Å². The van der Waals surface area contributed by atoms with Crippen LogP contribution in [0.4, 0.5) is 0 Å². The third-order valence-corrected chi connectivity index (χ3v) is 4.51. The van der Waals surface area contributed by atoms with Crippen LogP contribution in [0.1, 0.15) is 46.5 Å². The molecule has 2 aliphatic rings. The Labute approximate surface area is 100 Å². The van der Waals surface area contributed by atoms with Gasteiger partial charge in [-0.05, 0) is 50.0 Å². The maximum Gasteiger partial charge on any atom is 0.0700 e. The highest BCUT2D eigenvalue weighted by Gasteiger charge is 2.37. The molecule has 5 atom stereocenters. The summed E-state index contributed by atoms with van der Waals surface area (Å²) in [6.07, 6.45) is 4.87. The summed E-state index contributed by atoms with van der Waals surface area (Å²) in [7, 11) is 0. The van der Waals surface area contributed by atoms with Crippen LogP contribution in [-0.2, 0) is 0 Å². The van der Waals surface area contributed by atoms with Gasteiger partial charge in [-0.15, -0.1) is 0 Å². The van der Waals surface area contributed by atoms with Crippen molar-refractivity contribution < 1.29 is 5.11 Å². The topological polar surface area (TPSA) is 23.5 Å². The van der Waals surface area contributed by atoms with E-state index in [0.29, 0.717) is 17.9 Å². The standard InChI is InChI=1S/C14H27NO/c1-10-5-4-6-15(9-10)14-12(3)7-11(2)8-13(14)16/h10-14,16H,4-9H2,1-3H3. The number of hydrogen-bond acceptors (Lipinski definition) is 2. The van der Waals surface area contributed by atoms with E-state index in [-0.39, 0.29) is 6.10 Å². The molecule has 16 heavy (non-hydrogen) atoms. The van der Waals surface area contributed by atoms with Crippen LogP contribution in [0.5, 0.6) is 0 Å². The van der Waals surface area contributed by atoms with Crippen molar-refractivity contribution in [1.82, 2.24) is 4.90 Å². The van der Waals surface area contributed by atoms with Crippen molar-refractivity contribution in [2.75, 3.05) is 13.1 Å². The van der Waals surface area contributed by atoms with Crippen LogP contribution in [0, 0.1) is 17.8 Å². The lowest BCUT2D eigenvalue weighted by atomic mass is 9.76. The molecule has 1 aliphatic heterocycles. The number of nitrogens with zero attached hydrogens (tertiary/aromatic N) is 1. The minimum Gasteiger partial charge on any atom is -0.391 e. The van der Waals surface area contributed by atoms with Gasteiger partial charge in [0.2, 0.25) is 0 Å². The van der Waals surface area contributed by atoms with Crippen molar-refractivity contribution in [1.29, 1.82) is 0 Å². The van der Waals surface area contributed by atoms with Crippen LogP contribution in [0.15, 0.2) is 0 Å². The normalized spacial score (nSPS) is 46.9. The molecular formula is C14H27NO. The second kappa shape index (κ2) is 5.05. The van der Waals surface area contributed by atoms with E-state index in [0.717, 1.165) is 12.3 Å². The van der Waals surface area contributed by atoms with Gasteiger partial charge in [0, 0.05) is 12.6 Å². The summed E-state index contributed by atoms with van der Waals surface area (Å²) in [5.41, 5.74) is 0. The Kier molecular flexibility index (Phi) is 3.91. The van der Waals surface area contributed by atoms with Gasteiger partial charge in [0.05, 0.1) is 6.10 Å². The molecule has 5 unspecified atom stereocenters. The Hall–Kier alpha value is -0.0800. The number of piperidine rings is 1. The van der Waals surface area contributed by atoms with Gasteiger partial charge in [0.25, 0.3) is 0 Å². The molecule has 2 heteroatoms. The Balaban J connectivity index is 2.01. The first kappa shape index (κ1) is 12.4. The van der Waals surface area contributed by atoms with Crippen molar-refractivity contribution in [2.45, 2.75) is 58.6 Å². The predicted octanol–water partition coefficient (Wildman–Crippen LogP) is 2.51. The van der Waals surface area contributed by atoms with E-state index in [9.17, 15) is 5.11 Å². The molecule has 1 N–H and O–H groups in total. The third kappa shape index (κ3) is 2.60. The second-order valence-corrected chi connectivity index (χ2v) is 6.35. The first-order chi connectivity index (χ1) is 7.58. The molecule has 94 valence electrons. The fraction of sp³-hybridized carbons (Fsp3) is 1.00. The summed E-state index contributed by atoms with van der Waals surface area (Å²) in [5, 5.41) is 10.3. The molecule has 0 amide bonds. The van der Waals surface area contributed by atoms with Crippen LogP contribution < -0.4 is 0 Å². The van der Waals surface area contributed by atoms with Gasteiger partial charge >= 0.3 is 0 Å². The van der Waals surface area contributed by atoms with Gasteiger partial charge in [0.1, 0.15) is 0 Å². The largest absolute Gasteiger partial charge is 0.391 e. The molecule has 2 fully saturated rings. The zero-order chi connectivity index (χ0) is 11.7. The maximum absolute atomic E-state index is 10.3. The molecule has 0 radical (unpaired) electrons. The molecule has 0 aromatic carbocycles. The highest BCUT2D eigenvalue weighted by molar-refractivity contribution is 4.91. The fourth-order valence-electron chi connectivity index (χ4n) is 3.90. The zero-order valence-corrected chi connectivity index (χ0v) is 11.0. The number of likely N-dealkylation sites (tertiary alicyclic amines) is 1. The fourth-order valence-corrected chi connectivity index (χ4v) is 3.90. The molecule has 0 bridgehead atoms. The summed E-state index contributed by atoms with van der Waals surface area (Å²) in [6, 6.07) is 0.430. The molecule has 2 rings (SSSR count). The predicted molar refractivity (Wildman–Crippen MR) is 67.3 cm³/mol. The minimum atomic E-state index is -0.0935. The lowest BCUT2D eigenvalue weighted by Crippen LogP contribution is -2.53. The molecule has 1 aliphatic carbocycles. The van der Waals surface area contributed by atoms with Crippen molar-refractivity contribution in [3.63, 3.8) is 0 Å². The first-order valence-electron chi connectivity index (χ1n) is 7.00. The highest BCUT2D eigenvalue weighted by Crippen LogP contribution is 2.34. The average molecular weight is 225 g/mol. The number of aliphatic hydroxyl groups is 1. The minimum absolute atomic E-state index is 0.0935. The maximum atomic E-state index is 10.3. The number of aliphatic hydroxyl groups excluding tert-OH is 1. The molecule has 1 heterocycles. The van der Waals surface area contributed by atoms with Gasteiger partial charge < -0.3 is 5.11 Å². The zero-order valence-electron chi connectivity index (χ0n) is 11.0.